The molecular weight excluding hydrogens is 344 g/mol. The van der Waals surface area contributed by atoms with E-state index >= 15 is 0 Å². The minimum Gasteiger partial charge on any atom is -0.478 e. The molecule has 1 fully saturated rings. The summed E-state index contributed by atoms with van der Waals surface area (Å²) in [5.74, 6) is -1.39. The highest BCUT2D eigenvalue weighted by atomic mass is 16.4. The maximum absolute atomic E-state index is 12.7. The monoisotopic (exact) mass is 366 g/mol. The number of hydrogen-bond acceptors (Lipinski definition) is 3. The molecule has 6 nitrogen and oxygen atoms in total. The molecule has 3 rings (SSSR count). The number of rotatable bonds is 5. The smallest absolute Gasteiger partial charge is 0.336 e. The SMILES string of the molecule is Cc1ccc(CN2C(=O)CCC2C(=O)Nc2ccc(C)c(C(=O)O)c2)cc1. The van der Waals surface area contributed by atoms with Gasteiger partial charge in [0.2, 0.25) is 11.8 Å². The van der Waals surface area contributed by atoms with E-state index in [9.17, 15) is 19.5 Å². The van der Waals surface area contributed by atoms with Gasteiger partial charge >= 0.3 is 5.97 Å². The minimum atomic E-state index is -1.04. The first-order valence-corrected chi connectivity index (χ1v) is 8.85. The molecule has 0 aromatic heterocycles. The van der Waals surface area contributed by atoms with Gasteiger partial charge in [0.05, 0.1) is 5.56 Å². The summed E-state index contributed by atoms with van der Waals surface area (Å²) in [5, 5.41) is 12.0. The summed E-state index contributed by atoms with van der Waals surface area (Å²) in [7, 11) is 0. The number of carbonyl (C=O) groups excluding carboxylic acids is 2. The van der Waals surface area contributed by atoms with E-state index < -0.39 is 12.0 Å². The fraction of sp³-hybridized carbons (Fsp3) is 0.286. The predicted octanol–water partition coefficient (Wildman–Crippen LogP) is 3.13. The first-order chi connectivity index (χ1) is 12.8. The van der Waals surface area contributed by atoms with Crippen molar-refractivity contribution < 1.29 is 19.5 Å². The molecule has 1 saturated heterocycles. The second-order valence-electron chi connectivity index (χ2n) is 6.89. The molecule has 0 bridgehead atoms. The normalized spacial score (nSPS) is 16.4. The van der Waals surface area contributed by atoms with Crippen molar-refractivity contribution in [2.45, 2.75) is 39.3 Å². The lowest BCUT2D eigenvalue weighted by molar-refractivity contribution is -0.133. The molecule has 2 aromatic carbocycles. The van der Waals surface area contributed by atoms with Crippen LogP contribution in [-0.2, 0) is 16.1 Å². The third-order valence-corrected chi connectivity index (χ3v) is 4.84. The van der Waals surface area contributed by atoms with Gasteiger partial charge in [-0.3, -0.25) is 9.59 Å². The molecule has 0 aliphatic carbocycles. The van der Waals surface area contributed by atoms with Crippen LogP contribution in [0, 0.1) is 13.8 Å². The third-order valence-electron chi connectivity index (χ3n) is 4.84. The van der Waals surface area contributed by atoms with Gasteiger partial charge in [0.25, 0.3) is 0 Å². The van der Waals surface area contributed by atoms with Crippen LogP contribution in [0.5, 0.6) is 0 Å². The molecule has 1 aliphatic heterocycles. The van der Waals surface area contributed by atoms with E-state index in [0.717, 1.165) is 11.1 Å². The first kappa shape index (κ1) is 18.6. The van der Waals surface area contributed by atoms with Crippen molar-refractivity contribution >= 4 is 23.5 Å². The fourth-order valence-electron chi connectivity index (χ4n) is 3.25. The molecule has 0 saturated carbocycles. The molecule has 2 N–H and O–H groups in total. The zero-order valence-corrected chi connectivity index (χ0v) is 15.4. The zero-order chi connectivity index (χ0) is 19.6. The van der Waals surface area contributed by atoms with E-state index in [-0.39, 0.29) is 17.4 Å². The van der Waals surface area contributed by atoms with Gasteiger partial charge in [0.15, 0.2) is 0 Å². The Morgan fingerprint density at radius 2 is 1.85 bits per heavy atom. The summed E-state index contributed by atoms with van der Waals surface area (Å²) in [5.41, 5.74) is 3.29. The van der Waals surface area contributed by atoms with Gasteiger partial charge < -0.3 is 15.3 Å². The van der Waals surface area contributed by atoms with E-state index in [1.165, 1.54) is 6.07 Å². The summed E-state index contributed by atoms with van der Waals surface area (Å²) >= 11 is 0. The highest BCUT2D eigenvalue weighted by Gasteiger charge is 2.36. The highest BCUT2D eigenvalue weighted by Crippen LogP contribution is 2.24. The number of benzene rings is 2. The Morgan fingerprint density at radius 1 is 1.15 bits per heavy atom. The van der Waals surface area contributed by atoms with Crippen molar-refractivity contribution in [1.82, 2.24) is 4.90 Å². The van der Waals surface area contributed by atoms with Crippen LogP contribution >= 0.6 is 0 Å². The molecule has 2 aromatic rings. The summed E-state index contributed by atoms with van der Waals surface area (Å²) in [4.78, 5) is 37.9. The van der Waals surface area contributed by atoms with Crippen molar-refractivity contribution in [1.29, 1.82) is 0 Å². The van der Waals surface area contributed by atoms with Crippen molar-refractivity contribution in [3.8, 4) is 0 Å². The van der Waals surface area contributed by atoms with Gasteiger partial charge in [-0.1, -0.05) is 35.9 Å². The number of carboxylic acids is 1. The first-order valence-electron chi connectivity index (χ1n) is 8.85. The Morgan fingerprint density at radius 3 is 2.52 bits per heavy atom. The number of amides is 2. The lowest BCUT2D eigenvalue weighted by atomic mass is 10.1. The van der Waals surface area contributed by atoms with E-state index in [1.54, 1.807) is 24.0 Å². The van der Waals surface area contributed by atoms with Crippen molar-refractivity contribution in [3.05, 3.63) is 64.7 Å². The topological polar surface area (TPSA) is 86.7 Å². The van der Waals surface area contributed by atoms with Crippen molar-refractivity contribution in [2.24, 2.45) is 0 Å². The third kappa shape index (κ3) is 4.16. The van der Waals surface area contributed by atoms with Gasteiger partial charge in [-0.05, 0) is 43.5 Å². The van der Waals surface area contributed by atoms with Gasteiger partial charge in [0.1, 0.15) is 6.04 Å². The highest BCUT2D eigenvalue weighted by molar-refractivity contribution is 6.00. The van der Waals surface area contributed by atoms with E-state index in [4.69, 9.17) is 0 Å². The summed E-state index contributed by atoms with van der Waals surface area (Å²) in [6, 6.07) is 12.1. The lowest BCUT2D eigenvalue weighted by Gasteiger charge is -2.24. The Balaban J connectivity index is 1.75. The fourth-order valence-corrected chi connectivity index (χ4v) is 3.25. The van der Waals surface area contributed by atoms with Crippen LogP contribution < -0.4 is 5.32 Å². The van der Waals surface area contributed by atoms with Gasteiger partial charge in [-0.15, -0.1) is 0 Å². The van der Waals surface area contributed by atoms with Gasteiger partial charge in [0, 0.05) is 18.7 Å². The van der Waals surface area contributed by atoms with Crippen molar-refractivity contribution in [2.75, 3.05) is 5.32 Å². The maximum Gasteiger partial charge on any atom is 0.336 e. The Kier molecular flexibility index (Phi) is 5.26. The van der Waals surface area contributed by atoms with E-state index in [0.29, 0.717) is 30.6 Å². The minimum absolute atomic E-state index is 0.0501. The number of carboxylic acid groups (broad SMARTS) is 1. The molecule has 0 radical (unpaired) electrons. The predicted molar refractivity (Wildman–Crippen MR) is 102 cm³/mol. The molecule has 1 aliphatic rings. The van der Waals surface area contributed by atoms with E-state index in [2.05, 4.69) is 5.32 Å². The van der Waals surface area contributed by atoms with Crippen LogP contribution in [0.2, 0.25) is 0 Å². The molecule has 0 spiro atoms. The second kappa shape index (κ2) is 7.61. The molecule has 1 unspecified atom stereocenters. The molecule has 2 amide bonds. The van der Waals surface area contributed by atoms with Gasteiger partial charge in [-0.25, -0.2) is 4.79 Å². The maximum atomic E-state index is 12.7. The van der Waals surface area contributed by atoms with Crippen LogP contribution in [-0.4, -0.2) is 33.8 Å². The summed E-state index contributed by atoms with van der Waals surface area (Å²) in [6.45, 7) is 4.08. The number of aryl methyl sites for hydroxylation is 2. The average molecular weight is 366 g/mol. The van der Waals surface area contributed by atoms with Gasteiger partial charge in [-0.2, -0.15) is 0 Å². The van der Waals surface area contributed by atoms with Crippen molar-refractivity contribution in [3.63, 3.8) is 0 Å². The molecule has 6 heteroatoms. The number of likely N-dealkylation sites (tertiary alicyclic amines) is 1. The van der Waals surface area contributed by atoms with Crippen LogP contribution in [0.25, 0.3) is 0 Å². The van der Waals surface area contributed by atoms with E-state index in [1.807, 2.05) is 31.2 Å². The number of hydrogen-bond donors (Lipinski definition) is 2. The Bertz CT molecular complexity index is 890. The number of nitrogens with one attached hydrogen (secondary N) is 1. The largest absolute Gasteiger partial charge is 0.478 e. The number of nitrogens with zero attached hydrogens (tertiary/aromatic N) is 1. The number of aromatic carboxylic acids is 1. The Hall–Kier alpha value is -3.15. The molecule has 1 heterocycles. The Labute approximate surface area is 157 Å². The lowest BCUT2D eigenvalue weighted by Crippen LogP contribution is -2.41. The molecular formula is C21H22N2O4. The van der Waals surface area contributed by atoms with Crippen LogP contribution in [0.4, 0.5) is 5.69 Å². The van der Waals surface area contributed by atoms with Crippen LogP contribution in [0.1, 0.15) is 39.9 Å². The molecule has 140 valence electrons. The molecule has 1 atom stereocenters. The van der Waals surface area contributed by atoms with Crippen LogP contribution in [0.15, 0.2) is 42.5 Å². The quantitative estimate of drug-likeness (QED) is 0.851. The molecule has 27 heavy (non-hydrogen) atoms. The van der Waals surface area contributed by atoms with Crippen LogP contribution in [0.3, 0.4) is 0 Å². The summed E-state index contributed by atoms with van der Waals surface area (Å²) in [6.07, 6.45) is 0.784. The number of anilines is 1. The zero-order valence-electron chi connectivity index (χ0n) is 15.4. The standard InChI is InChI=1S/C21H22N2O4/c1-13-3-6-15(7-4-13)12-23-18(9-10-19(23)24)20(25)22-16-8-5-14(2)17(11-16)21(26)27/h3-8,11,18H,9-10,12H2,1-2H3,(H,22,25)(H,26,27). The second-order valence-corrected chi connectivity index (χ2v) is 6.89. The number of carbonyl (C=O) groups is 3. The average Bonchev–Trinajstić information content (AvgIpc) is 2.99. The summed E-state index contributed by atoms with van der Waals surface area (Å²) < 4.78 is 0.